The number of hydrogen-bond acceptors (Lipinski definition) is 7. The maximum absolute atomic E-state index is 13.5. The van der Waals surface area contributed by atoms with Crippen LogP contribution in [0.4, 0.5) is 28.0 Å². The molecule has 0 radical (unpaired) electrons. The number of anilines is 1. The van der Waals surface area contributed by atoms with Crippen molar-refractivity contribution >= 4 is 23.7 Å². The van der Waals surface area contributed by atoms with Crippen molar-refractivity contribution in [3.8, 4) is 17.2 Å². The SMILES string of the molecule is COC(=O)c1cc(NC(=O)c2ccc(C(F)(F)F)cc2Oc2ccc(F)cc2C)ccc1OCCNC(=O)OC(C)(C)C. The van der Waals surface area contributed by atoms with Crippen molar-refractivity contribution in [3.05, 3.63) is 82.7 Å². The number of benzene rings is 3. The van der Waals surface area contributed by atoms with Crippen LogP contribution < -0.4 is 20.1 Å². The fourth-order valence-electron chi connectivity index (χ4n) is 3.65. The second-order valence-electron chi connectivity index (χ2n) is 10.2. The molecule has 0 aliphatic heterocycles. The van der Waals surface area contributed by atoms with Crippen LogP contribution in [0.5, 0.6) is 17.2 Å². The lowest BCUT2D eigenvalue weighted by molar-refractivity contribution is -0.137. The van der Waals surface area contributed by atoms with Crippen LogP contribution in [0.25, 0.3) is 0 Å². The summed E-state index contributed by atoms with van der Waals surface area (Å²) >= 11 is 0. The Balaban J connectivity index is 1.82. The van der Waals surface area contributed by atoms with Crippen molar-refractivity contribution in [2.45, 2.75) is 39.5 Å². The third kappa shape index (κ3) is 9.35. The van der Waals surface area contributed by atoms with Crippen molar-refractivity contribution in [2.24, 2.45) is 0 Å². The van der Waals surface area contributed by atoms with E-state index in [-0.39, 0.29) is 41.5 Å². The molecule has 0 unspecified atom stereocenters. The van der Waals surface area contributed by atoms with Gasteiger partial charge in [0.2, 0.25) is 0 Å². The molecule has 0 aliphatic rings. The Hall–Kier alpha value is -4.81. The van der Waals surface area contributed by atoms with Crippen LogP contribution in [0, 0.1) is 12.7 Å². The Bertz CT molecular complexity index is 1500. The number of carbonyl (C=O) groups is 3. The van der Waals surface area contributed by atoms with Gasteiger partial charge in [-0.2, -0.15) is 13.2 Å². The van der Waals surface area contributed by atoms with Crippen molar-refractivity contribution in [1.29, 1.82) is 0 Å². The molecule has 3 rings (SSSR count). The van der Waals surface area contributed by atoms with E-state index in [9.17, 15) is 31.9 Å². The van der Waals surface area contributed by atoms with E-state index < -0.39 is 46.9 Å². The second kappa shape index (κ2) is 13.4. The molecule has 0 spiro atoms. The second-order valence-corrected chi connectivity index (χ2v) is 10.2. The van der Waals surface area contributed by atoms with Crippen LogP contribution in [0.2, 0.25) is 0 Å². The van der Waals surface area contributed by atoms with Gasteiger partial charge in [0.05, 0.1) is 24.8 Å². The van der Waals surface area contributed by atoms with E-state index in [4.69, 9.17) is 18.9 Å². The zero-order valence-electron chi connectivity index (χ0n) is 24.0. The predicted octanol–water partition coefficient (Wildman–Crippen LogP) is 6.89. The Morgan fingerprint density at radius 3 is 2.19 bits per heavy atom. The molecule has 3 aromatic carbocycles. The number of hydrogen-bond donors (Lipinski definition) is 2. The van der Waals surface area contributed by atoms with E-state index in [1.807, 2.05) is 0 Å². The largest absolute Gasteiger partial charge is 0.491 e. The van der Waals surface area contributed by atoms with Gasteiger partial charge in [-0.15, -0.1) is 0 Å². The van der Waals surface area contributed by atoms with Crippen LogP contribution in [0.15, 0.2) is 54.6 Å². The number of ether oxygens (including phenoxy) is 4. The van der Waals surface area contributed by atoms with E-state index >= 15 is 0 Å². The zero-order valence-corrected chi connectivity index (χ0v) is 24.0. The Morgan fingerprint density at radius 2 is 1.56 bits per heavy atom. The van der Waals surface area contributed by atoms with Crippen molar-refractivity contribution in [3.63, 3.8) is 0 Å². The maximum Gasteiger partial charge on any atom is 0.416 e. The number of amides is 2. The van der Waals surface area contributed by atoms with Crippen molar-refractivity contribution in [2.75, 3.05) is 25.6 Å². The van der Waals surface area contributed by atoms with E-state index in [1.165, 1.54) is 31.2 Å². The Morgan fingerprint density at radius 1 is 0.860 bits per heavy atom. The van der Waals surface area contributed by atoms with E-state index in [1.54, 1.807) is 20.8 Å². The molecule has 9 nitrogen and oxygen atoms in total. The van der Waals surface area contributed by atoms with Crippen LogP contribution in [-0.4, -0.2) is 43.8 Å². The molecule has 2 amide bonds. The molecule has 2 N–H and O–H groups in total. The van der Waals surface area contributed by atoms with E-state index in [0.717, 1.165) is 31.4 Å². The van der Waals surface area contributed by atoms with Gasteiger partial charge in [-0.05, 0) is 87.9 Å². The van der Waals surface area contributed by atoms with Gasteiger partial charge < -0.3 is 29.6 Å². The first-order chi connectivity index (χ1) is 20.1. The van der Waals surface area contributed by atoms with Crippen molar-refractivity contribution in [1.82, 2.24) is 5.32 Å². The fraction of sp³-hybridized carbons (Fsp3) is 0.300. The number of carbonyl (C=O) groups excluding carboxylic acids is 3. The lowest BCUT2D eigenvalue weighted by Gasteiger charge is -2.19. The molecule has 230 valence electrons. The quantitative estimate of drug-likeness (QED) is 0.155. The third-order valence-electron chi connectivity index (χ3n) is 5.58. The highest BCUT2D eigenvalue weighted by Gasteiger charge is 2.32. The summed E-state index contributed by atoms with van der Waals surface area (Å²) in [5.41, 5.74) is -1.68. The summed E-state index contributed by atoms with van der Waals surface area (Å²) in [4.78, 5) is 37.4. The first kappa shape index (κ1) is 32.7. The summed E-state index contributed by atoms with van der Waals surface area (Å²) in [6.45, 7) is 6.65. The topological polar surface area (TPSA) is 112 Å². The molecule has 13 heteroatoms. The summed E-state index contributed by atoms with van der Waals surface area (Å²) in [5.74, 6) is -2.51. The lowest BCUT2D eigenvalue weighted by Crippen LogP contribution is -2.34. The number of rotatable bonds is 9. The fourth-order valence-corrected chi connectivity index (χ4v) is 3.65. The summed E-state index contributed by atoms with van der Waals surface area (Å²) in [7, 11) is 1.14. The minimum absolute atomic E-state index is 0.0377. The highest BCUT2D eigenvalue weighted by atomic mass is 19.4. The highest BCUT2D eigenvalue weighted by Crippen LogP contribution is 2.36. The van der Waals surface area contributed by atoms with Gasteiger partial charge in [0, 0.05) is 5.69 Å². The smallest absolute Gasteiger partial charge is 0.416 e. The summed E-state index contributed by atoms with van der Waals surface area (Å²) in [5, 5.41) is 5.03. The number of alkyl halides is 3. The predicted molar refractivity (Wildman–Crippen MR) is 148 cm³/mol. The third-order valence-corrected chi connectivity index (χ3v) is 5.58. The normalized spacial score (nSPS) is 11.4. The van der Waals surface area contributed by atoms with Gasteiger partial charge in [-0.25, -0.2) is 14.0 Å². The molecule has 0 saturated carbocycles. The molecule has 0 fully saturated rings. The van der Waals surface area contributed by atoms with E-state index in [0.29, 0.717) is 11.6 Å². The van der Waals surface area contributed by atoms with Gasteiger partial charge in [0.1, 0.15) is 40.8 Å². The molecule has 0 bridgehead atoms. The van der Waals surface area contributed by atoms with Crippen molar-refractivity contribution < 1.29 is 50.9 Å². The molecular formula is C30H30F4N2O7. The average molecular weight is 607 g/mol. The monoisotopic (exact) mass is 606 g/mol. The van der Waals surface area contributed by atoms with Gasteiger partial charge in [-0.3, -0.25) is 4.79 Å². The average Bonchev–Trinajstić information content (AvgIpc) is 2.91. The zero-order chi connectivity index (χ0) is 31.9. The van der Waals surface area contributed by atoms with Gasteiger partial charge in [-0.1, -0.05) is 0 Å². The molecule has 0 aromatic heterocycles. The van der Waals surface area contributed by atoms with Crippen LogP contribution >= 0.6 is 0 Å². The highest BCUT2D eigenvalue weighted by molar-refractivity contribution is 6.07. The Labute approximate surface area is 245 Å². The first-order valence-corrected chi connectivity index (χ1v) is 12.9. The minimum Gasteiger partial charge on any atom is -0.491 e. The molecule has 0 aliphatic carbocycles. The molecule has 0 heterocycles. The number of nitrogens with one attached hydrogen (secondary N) is 2. The summed E-state index contributed by atoms with van der Waals surface area (Å²) < 4.78 is 75.0. The Kier molecular flexibility index (Phi) is 10.2. The molecule has 43 heavy (non-hydrogen) atoms. The number of esters is 1. The number of methoxy groups -OCH3 is 1. The van der Waals surface area contributed by atoms with Crippen LogP contribution in [0.3, 0.4) is 0 Å². The van der Waals surface area contributed by atoms with Gasteiger partial charge in [0.15, 0.2) is 0 Å². The molecule has 3 aromatic rings. The standard InChI is InChI=1S/C30H30F4N2O7/c1-17-14-19(31)7-10-23(17)42-25-15-18(30(32,33)34)6-9-21(25)26(37)36-20-8-11-24(22(16-20)27(38)40-5)41-13-12-35-28(39)43-29(2,3)4/h6-11,14-16H,12-13H2,1-5H3,(H,35,39)(H,36,37). The number of aryl methyl sites for hydroxylation is 1. The van der Waals surface area contributed by atoms with Crippen LogP contribution in [0.1, 0.15) is 52.6 Å². The van der Waals surface area contributed by atoms with Gasteiger partial charge >= 0.3 is 18.2 Å². The molecule has 0 saturated heterocycles. The van der Waals surface area contributed by atoms with E-state index in [2.05, 4.69) is 10.6 Å². The number of alkyl carbamates (subject to hydrolysis) is 1. The molecule has 0 atom stereocenters. The molecular weight excluding hydrogens is 576 g/mol. The number of halogens is 4. The summed E-state index contributed by atoms with van der Waals surface area (Å²) in [6, 6.07) is 9.81. The minimum atomic E-state index is -4.72. The van der Waals surface area contributed by atoms with Gasteiger partial charge in [0.25, 0.3) is 5.91 Å². The lowest BCUT2D eigenvalue weighted by atomic mass is 10.1. The first-order valence-electron chi connectivity index (χ1n) is 12.9. The summed E-state index contributed by atoms with van der Waals surface area (Å²) in [6.07, 6.45) is -5.37. The maximum atomic E-state index is 13.5. The van der Waals surface area contributed by atoms with Crippen LogP contribution in [-0.2, 0) is 15.7 Å².